The first kappa shape index (κ1) is 15.7. The van der Waals surface area contributed by atoms with Crippen molar-refractivity contribution in [2.75, 3.05) is 40.3 Å². The maximum Gasteiger partial charge on any atom is 0.308 e. The Kier molecular flexibility index (Phi) is 5.00. The summed E-state index contributed by atoms with van der Waals surface area (Å²) < 4.78 is 32.7. The summed E-state index contributed by atoms with van der Waals surface area (Å²) in [4.78, 5) is 11.5. The van der Waals surface area contributed by atoms with Gasteiger partial charge in [0, 0.05) is 32.7 Å². The predicted octanol–water partition coefficient (Wildman–Crippen LogP) is -0.590. The third-order valence-corrected chi connectivity index (χ3v) is 6.27. The van der Waals surface area contributed by atoms with Crippen molar-refractivity contribution < 1.29 is 17.9 Å². The van der Waals surface area contributed by atoms with Crippen LogP contribution in [0, 0.1) is 5.92 Å². The normalized spacial score (nSPS) is 26.1. The number of carbonyl (C=O) groups is 1. The van der Waals surface area contributed by atoms with Crippen molar-refractivity contribution in [2.45, 2.75) is 25.3 Å². The Bertz CT molecular complexity index is 440. The van der Waals surface area contributed by atoms with Gasteiger partial charge in [-0.05, 0) is 25.8 Å². The number of nitrogens with one attached hydrogen (secondary N) is 1. The molecule has 1 atom stereocenters. The second-order valence-corrected chi connectivity index (χ2v) is 7.36. The summed E-state index contributed by atoms with van der Waals surface area (Å²) in [5.74, 6) is -0.416. The maximum atomic E-state index is 12.5. The molecule has 2 heterocycles. The molecule has 2 aliphatic heterocycles. The first-order chi connectivity index (χ1) is 9.46. The Morgan fingerprint density at radius 3 is 2.45 bits per heavy atom. The molecule has 0 saturated carbocycles. The van der Waals surface area contributed by atoms with Gasteiger partial charge in [-0.2, -0.15) is 17.0 Å². The van der Waals surface area contributed by atoms with Gasteiger partial charge in [0.2, 0.25) is 0 Å². The van der Waals surface area contributed by atoms with Gasteiger partial charge in [0.1, 0.15) is 0 Å². The minimum Gasteiger partial charge on any atom is -0.469 e. The van der Waals surface area contributed by atoms with E-state index in [9.17, 15) is 13.2 Å². The van der Waals surface area contributed by atoms with Crippen LogP contribution in [0.5, 0.6) is 0 Å². The molecule has 7 nitrogen and oxygen atoms in total. The van der Waals surface area contributed by atoms with E-state index in [0.717, 1.165) is 13.0 Å². The highest BCUT2D eigenvalue weighted by atomic mass is 32.2. The lowest BCUT2D eigenvalue weighted by Crippen LogP contribution is -2.50. The summed E-state index contributed by atoms with van der Waals surface area (Å²) in [6.07, 6.45) is 1.90. The van der Waals surface area contributed by atoms with E-state index in [4.69, 9.17) is 4.74 Å². The van der Waals surface area contributed by atoms with Crippen LogP contribution in [0.4, 0.5) is 0 Å². The second-order valence-electron chi connectivity index (χ2n) is 5.37. The van der Waals surface area contributed by atoms with Crippen molar-refractivity contribution in [2.24, 2.45) is 5.92 Å². The van der Waals surface area contributed by atoms with E-state index in [1.54, 1.807) is 7.05 Å². The largest absolute Gasteiger partial charge is 0.469 e. The molecule has 1 unspecified atom stereocenters. The fourth-order valence-corrected chi connectivity index (χ4v) is 4.40. The highest BCUT2D eigenvalue weighted by Gasteiger charge is 2.36. The van der Waals surface area contributed by atoms with Gasteiger partial charge < -0.3 is 10.1 Å². The van der Waals surface area contributed by atoms with Crippen molar-refractivity contribution in [3.8, 4) is 0 Å². The predicted molar refractivity (Wildman–Crippen MR) is 74.3 cm³/mol. The zero-order valence-electron chi connectivity index (χ0n) is 12.0. The third-order valence-electron chi connectivity index (χ3n) is 4.23. The fourth-order valence-electron chi connectivity index (χ4n) is 2.81. The molecule has 0 amide bonds. The number of methoxy groups -OCH3 is 1. The first-order valence-corrected chi connectivity index (χ1v) is 8.38. The molecule has 2 aliphatic rings. The monoisotopic (exact) mass is 305 g/mol. The molecular weight excluding hydrogens is 282 g/mol. The number of carbonyl (C=O) groups excluding carboxylic acids is 1. The SMILES string of the molecule is COC(=O)C1CCN(S(=O)(=O)N(C)C2CCNC2)CC1. The summed E-state index contributed by atoms with van der Waals surface area (Å²) in [5.41, 5.74) is 0. The zero-order valence-corrected chi connectivity index (χ0v) is 12.9. The summed E-state index contributed by atoms with van der Waals surface area (Å²) in [6.45, 7) is 2.32. The van der Waals surface area contributed by atoms with Crippen LogP contribution in [0.15, 0.2) is 0 Å². The van der Waals surface area contributed by atoms with Gasteiger partial charge in [-0.15, -0.1) is 0 Å². The Morgan fingerprint density at radius 2 is 1.95 bits per heavy atom. The quantitative estimate of drug-likeness (QED) is 0.702. The molecule has 0 spiro atoms. The number of esters is 1. The number of nitrogens with zero attached hydrogens (tertiary/aromatic N) is 2. The summed E-state index contributed by atoms with van der Waals surface area (Å²) in [7, 11) is -0.421. The van der Waals surface area contributed by atoms with Gasteiger partial charge in [0.15, 0.2) is 0 Å². The average molecular weight is 305 g/mol. The smallest absolute Gasteiger partial charge is 0.308 e. The molecule has 2 fully saturated rings. The van der Waals surface area contributed by atoms with Crippen LogP contribution in [-0.2, 0) is 19.7 Å². The van der Waals surface area contributed by atoms with Crippen molar-refractivity contribution >= 4 is 16.2 Å². The van der Waals surface area contributed by atoms with Gasteiger partial charge in [-0.3, -0.25) is 4.79 Å². The Hall–Kier alpha value is -0.700. The molecule has 1 N–H and O–H groups in total. The van der Waals surface area contributed by atoms with Gasteiger partial charge >= 0.3 is 5.97 Å². The van der Waals surface area contributed by atoms with Crippen LogP contribution >= 0.6 is 0 Å². The van der Waals surface area contributed by atoms with Crippen molar-refractivity contribution in [3.63, 3.8) is 0 Å². The molecule has 0 aliphatic carbocycles. The summed E-state index contributed by atoms with van der Waals surface area (Å²) in [6, 6.07) is 0.0262. The van der Waals surface area contributed by atoms with Crippen LogP contribution in [0.2, 0.25) is 0 Å². The number of piperidine rings is 1. The van der Waals surface area contributed by atoms with Crippen LogP contribution < -0.4 is 5.32 Å². The molecule has 0 bridgehead atoms. The molecule has 20 heavy (non-hydrogen) atoms. The van der Waals surface area contributed by atoms with Crippen LogP contribution in [0.25, 0.3) is 0 Å². The van der Waals surface area contributed by atoms with Gasteiger partial charge in [-0.25, -0.2) is 0 Å². The minimum absolute atomic E-state index is 0.0262. The van der Waals surface area contributed by atoms with Crippen molar-refractivity contribution in [3.05, 3.63) is 0 Å². The second kappa shape index (κ2) is 6.38. The molecule has 0 aromatic rings. The van der Waals surface area contributed by atoms with Crippen LogP contribution in [0.1, 0.15) is 19.3 Å². The number of hydrogen-bond donors (Lipinski definition) is 1. The zero-order chi connectivity index (χ0) is 14.8. The lowest BCUT2D eigenvalue weighted by molar-refractivity contribution is -0.146. The molecule has 0 aromatic carbocycles. The Balaban J connectivity index is 1.96. The molecule has 116 valence electrons. The number of rotatable bonds is 4. The highest BCUT2D eigenvalue weighted by molar-refractivity contribution is 7.86. The first-order valence-electron chi connectivity index (χ1n) is 6.98. The highest BCUT2D eigenvalue weighted by Crippen LogP contribution is 2.23. The van der Waals surface area contributed by atoms with Crippen molar-refractivity contribution in [1.29, 1.82) is 0 Å². The summed E-state index contributed by atoms with van der Waals surface area (Å²) in [5, 5.41) is 3.17. The molecular formula is C12H23N3O4S. The minimum atomic E-state index is -3.43. The Labute approximate surface area is 120 Å². The molecule has 0 radical (unpaired) electrons. The van der Waals surface area contributed by atoms with Crippen LogP contribution in [-0.4, -0.2) is 69.4 Å². The van der Waals surface area contributed by atoms with Gasteiger partial charge in [0.25, 0.3) is 10.2 Å². The number of hydrogen-bond acceptors (Lipinski definition) is 5. The van der Waals surface area contributed by atoms with E-state index in [-0.39, 0.29) is 17.9 Å². The standard InChI is InChI=1S/C12H23N3O4S/c1-14(11-3-6-13-9-11)20(17,18)15-7-4-10(5-8-15)12(16)19-2/h10-11,13H,3-9H2,1-2H3. The average Bonchev–Trinajstić information content (AvgIpc) is 2.99. The number of ether oxygens (including phenoxy) is 1. The maximum absolute atomic E-state index is 12.5. The lowest BCUT2D eigenvalue weighted by atomic mass is 9.99. The van der Waals surface area contributed by atoms with E-state index >= 15 is 0 Å². The van der Waals surface area contributed by atoms with E-state index in [1.165, 1.54) is 15.7 Å². The van der Waals surface area contributed by atoms with E-state index in [0.29, 0.717) is 32.5 Å². The fraction of sp³-hybridized carbons (Fsp3) is 0.917. The molecule has 0 aromatic heterocycles. The van der Waals surface area contributed by atoms with E-state index in [1.807, 2.05) is 0 Å². The van der Waals surface area contributed by atoms with E-state index < -0.39 is 10.2 Å². The van der Waals surface area contributed by atoms with Crippen LogP contribution in [0.3, 0.4) is 0 Å². The molecule has 2 rings (SSSR count). The molecule has 8 heteroatoms. The van der Waals surface area contributed by atoms with Crippen molar-refractivity contribution in [1.82, 2.24) is 13.9 Å². The van der Waals surface area contributed by atoms with Gasteiger partial charge in [0.05, 0.1) is 13.0 Å². The molecule has 2 saturated heterocycles. The lowest BCUT2D eigenvalue weighted by Gasteiger charge is -2.34. The number of likely N-dealkylation sites (N-methyl/N-ethyl adjacent to an activating group) is 1. The Morgan fingerprint density at radius 1 is 1.30 bits per heavy atom. The third kappa shape index (κ3) is 3.13. The summed E-state index contributed by atoms with van der Waals surface area (Å²) >= 11 is 0. The topological polar surface area (TPSA) is 79.0 Å². The van der Waals surface area contributed by atoms with Gasteiger partial charge in [-0.1, -0.05) is 0 Å². The van der Waals surface area contributed by atoms with E-state index in [2.05, 4.69) is 5.32 Å².